The third-order valence-corrected chi connectivity index (χ3v) is 2.83. The summed E-state index contributed by atoms with van der Waals surface area (Å²) in [6.07, 6.45) is -0.256. The predicted molar refractivity (Wildman–Crippen MR) is 66.5 cm³/mol. The highest BCUT2D eigenvalue weighted by Gasteiger charge is 2.20. The van der Waals surface area contributed by atoms with Crippen molar-refractivity contribution in [2.24, 2.45) is 0 Å². The van der Waals surface area contributed by atoms with Crippen LogP contribution in [0.4, 0.5) is 5.69 Å². The molecule has 1 aliphatic heterocycles. The number of rotatable bonds is 4. The van der Waals surface area contributed by atoms with Crippen LogP contribution >= 0.6 is 0 Å². The maximum absolute atomic E-state index is 11.9. The molecule has 0 spiro atoms. The van der Waals surface area contributed by atoms with E-state index >= 15 is 0 Å². The first kappa shape index (κ1) is 13.1. The summed E-state index contributed by atoms with van der Waals surface area (Å²) in [5.74, 6) is -1.06. The van der Waals surface area contributed by atoms with Gasteiger partial charge in [-0.3, -0.25) is 14.4 Å². The van der Waals surface area contributed by atoms with Gasteiger partial charge in [0.25, 0.3) is 5.91 Å². The molecule has 1 aromatic rings. The van der Waals surface area contributed by atoms with Crippen LogP contribution in [0.3, 0.4) is 0 Å². The number of fused-ring (bicyclic) bond motifs is 1. The molecule has 0 unspecified atom stereocenters. The minimum Gasteiger partial charge on any atom is -0.482 e. The molecule has 1 amide bonds. The number of hydrogen-bond acceptors (Lipinski definition) is 4. The van der Waals surface area contributed by atoms with Crippen molar-refractivity contribution in [1.29, 1.82) is 0 Å². The van der Waals surface area contributed by atoms with Gasteiger partial charge < -0.3 is 15.2 Å². The number of amides is 1. The molecule has 0 aromatic heterocycles. The molecule has 0 fully saturated rings. The van der Waals surface area contributed by atoms with E-state index in [4.69, 9.17) is 9.84 Å². The van der Waals surface area contributed by atoms with Crippen molar-refractivity contribution in [3.8, 4) is 5.75 Å². The van der Waals surface area contributed by atoms with Gasteiger partial charge in [-0.05, 0) is 24.6 Å². The van der Waals surface area contributed by atoms with Crippen molar-refractivity contribution in [3.05, 3.63) is 23.3 Å². The summed E-state index contributed by atoms with van der Waals surface area (Å²) in [4.78, 5) is 33.5. The maximum atomic E-state index is 11.9. The van der Waals surface area contributed by atoms with E-state index in [1.165, 1.54) is 0 Å². The number of benzene rings is 1. The van der Waals surface area contributed by atoms with E-state index in [2.05, 4.69) is 5.32 Å². The number of ketones is 1. The Morgan fingerprint density at radius 2 is 2.11 bits per heavy atom. The zero-order valence-corrected chi connectivity index (χ0v) is 10.4. The topological polar surface area (TPSA) is 92.7 Å². The lowest BCUT2D eigenvalue weighted by Gasteiger charge is -2.19. The fraction of sp³-hybridized carbons (Fsp3) is 0.308. The van der Waals surface area contributed by atoms with Crippen LogP contribution in [-0.4, -0.2) is 29.4 Å². The van der Waals surface area contributed by atoms with E-state index in [9.17, 15) is 14.4 Å². The second kappa shape index (κ2) is 5.09. The average molecular weight is 263 g/mol. The molecule has 0 atom stereocenters. The molecule has 2 rings (SSSR count). The first-order valence-corrected chi connectivity index (χ1v) is 5.79. The zero-order chi connectivity index (χ0) is 14.0. The lowest BCUT2D eigenvalue weighted by atomic mass is 10.00. The standard InChI is InChI=1S/C13H13NO5/c1-7-4-9-11(19-6-12(16)14-9)5-8(7)10(15)2-3-13(17)18/h4-5H,2-3,6H2,1H3,(H,14,16)(H,17,18). The first-order chi connectivity index (χ1) is 8.97. The van der Waals surface area contributed by atoms with Gasteiger partial charge in [-0.15, -0.1) is 0 Å². The van der Waals surface area contributed by atoms with Gasteiger partial charge in [0, 0.05) is 12.0 Å². The van der Waals surface area contributed by atoms with Gasteiger partial charge in [-0.2, -0.15) is 0 Å². The Hall–Kier alpha value is -2.37. The molecule has 1 aromatic carbocycles. The van der Waals surface area contributed by atoms with Gasteiger partial charge in [0.15, 0.2) is 12.4 Å². The van der Waals surface area contributed by atoms with Crippen molar-refractivity contribution >= 4 is 23.3 Å². The molecule has 0 bridgehead atoms. The van der Waals surface area contributed by atoms with Crippen LogP contribution in [0.2, 0.25) is 0 Å². The van der Waals surface area contributed by atoms with Crippen molar-refractivity contribution < 1.29 is 24.2 Å². The van der Waals surface area contributed by atoms with E-state index in [1.807, 2.05) is 0 Å². The lowest BCUT2D eigenvalue weighted by molar-refractivity contribution is -0.137. The summed E-state index contributed by atoms with van der Waals surface area (Å²) in [5.41, 5.74) is 1.64. The highest BCUT2D eigenvalue weighted by molar-refractivity contribution is 6.01. The summed E-state index contributed by atoms with van der Waals surface area (Å²) in [6, 6.07) is 3.20. The number of hydrogen-bond donors (Lipinski definition) is 2. The second-order valence-electron chi connectivity index (χ2n) is 4.32. The first-order valence-electron chi connectivity index (χ1n) is 5.79. The molecule has 6 heteroatoms. The third-order valence-electron chi connectivity index (χ3n) is 2.83. The number of carbonyl (C=O) groups is 3. The molecule has 1 heterocycles. The Bertz CT molecular complexity index is 564. The highest BCUT2D eigenvalue weighted by Crippen LogP contribution is 2.31. The summed E-state index contributed by atoms with van der Waals surface area (Å²) in [7, 11) is 0. The fourth-order valence-corrected chi connectivity index (χ4v) is 1.89. The number of carboxylic acids is 1. The number of Topliss-reactive ketones (excluding diaryl/α,β-unsaturated/α-hetero) is 1. The number of anilines is 1. The molecular formula is C13H13NO5. The van der Waals surface area contributed by atoms with Crippen LogP contribution in [0.5, 0.6) is 5.75 Å². The molecule has 0 aliphatic carbocycles. The molecule has 100 valence electrons. The van der Waals surface area contributed by atoms with Crippen molar-refractivity contribution in [2.75, 3.05) is 11.9 Å². The van der Waals surface area contributed by atoms with Crippen LogP contribution < -0.4 is 10.1 Å². The number of ether oxygens (including phenoxy) is 1. The average Bonchev–Trinajstić information content (AvgIpc) is 2.35. The van der Waals surface area contributed by atoms with Crippen LogP contribution in [0.25, 0.3) is 0 Å². The van der Waals surface area contributed by atoms with Gasteiger partial charge in [0.05, 0.1) is 12.1 Å². The maximum Gasteiger partial charge on any atom is 0.303 e. The van der Waals surface area contributed by atoms with Crippen LogP contribution in [0.1, 0.15) is 28.8 Å². The van der Waals surface area contributed by atoms with E-state index < -0.39 is 5.97 Å². The van der Waals surface area contributed by atoms with Gasteiger partial charge in [-0.25, -0.2) is 0 Å². The van der Waals surface area contributed by atoms with Crippen LogP contribution in [0, 0.1) is 6.92 Å². The second-order valence-corrected chi connectivity index (χ2v) is 4.32. The number of aryl methyl sites for hydroxylation is 1. The molecule has 0 radical (unpaired) electrons. The zero-order valence-electron chi connectivity index (χ0n) is 10.4. The number of aliphatic carboxylic acids is 1. The monoisotopic (exact) mass is 263 g/mol. The van der Waals surface area contributed by atoms with Crippen molar-refractivity contribution in [3.63, 3.8) is 0 Å². The predicted octanol–water partition coefficient (Wildman–Crippen LogP) is 1.37. The van der Waals surface area contributed by atoms with E-state index in [0.717, 1.165) is 0 Å². The van der Waals surface area contributed by atoms with Crippen LogP contribution in [0.15, 0.2) is 12.1 Å². The smallest absolute Gasteiger partial charge is 0.303 e. The van der Waals surface area contributed by atoms with Gasteiger partial charge in [0.1, 0.15) is 5.75 Å². The SMILES string of the molecule is Cc1cc2c(cc1C(=O)CCC(=O)O)OCC(=O)N2. The molecule has 1 aliphatic rings. The Labute approximate surface area is 109 Å². The lowest BCUT2D eigenvalue weighted by Crippen LogP contribution is -2.25. The number of carbonyl (C=O) groups excluding carboxylic acids is 2. The minimum absolute atomic E-state index is 0.0542. The van der Waals surface area contributed by atoms with Crippen molar-refractivity contribution in [2.45, 2.75) is 19.8 Å². The highest BCUT2D eigenvalue weighted by atomic mass is 16.5. The molecule has 19 heavy (non-hydrogen) atoms. The fourth-order valence-electron chi connectivity index (χ4n) is 1.89. The summed E-state index contributed by atoms with van der Waals surface area (Å²) >= 11 is 0. The Balaban J connectivity index is 2.25. The van der Waals surface area contributed by atoms with Gasteiger partial charge >= 0.3 is 5.97 Å². The molecule has 0 saturated heterocycles. The number of nitrogens with one attached hydrogen (secondary N) is 1. The number of carboxylic acid groups (broad SMARTS) is 1. The van der Waals surface area contributed by atoms with Crippen LogP contribution in [-0.2, 0) is 9.59 Å². The van der Waals surface area contributed by atoms with E-state index in [0.29, 0.717) is 22.6 Å². The Morgan fingerprint density at radius 3 is 2.79 bits per heavy atom. The molecule has 6 nitrogen and oxygen atoms in total. The third kappa shape index (κ3) is 2.90. The van der Waals surface area contributed by atoms with Gasteiger partial charge in [-0.1, -0.05) is 0 Å². The molecule has 0 saturated carbocycles. The van der Waals surface area contributed by atoms with Gasteiger partial charge in [0.2, 0.25) is 0 Å². The normalized spacial score (nSPS) is 13.2. The Morgan fingerprint density at radius 1 is 1.37 bits per heavy atom. The van der Waals surface area contributed by atoms with E-state index in [1.54, 1.807) is 19.1 Å². The molecular weight excluding hydrogens is 250 g/mol. The van der Waals surface area contributed by atoms with Crippen molar-refractivity contribution in [1.82, 2.24) is 0 Å². The summed E-state index contributed by atoms with van der Waals surface area (Å²) < 4.78 is 5.23. The Kier molecular flexibility index (Phi) is 3.50. The largest absolute Gasteiger partial charge is 0.482 e. The summed E-state index contributed by atoms with van der Waals surface area (Å²) in [5, 5.41) is 11.2. The quantitative estimate of drug-likeness (QED) is 0.800. The van der Waals surface area contributed by atoms with E-state index in [-0.39, 0.29) is 31.1 Å². The summed E-state index contributed by atoms with van der Waals surface area (Å²) in [6.45, 7) is 1.65. The molecule has 2 N–H and O–H groups in total. The minimum atomic E-state index is -1.01.